The molecule has 0 radical (unpaired) electrons. The molecule has 0 atom stereocenters. The molecule has 5 aromatic carbocycles. The minimum atomic E-state index is 0.786. The van der Waals surface area contributed by atoms with E-state index in [0.717, 1.165) is 39.0 Å². The number of aromatic nitrogens is 1. The average molecular weight is 489 g/mol. The number of benzene rings is 5. The molecule has 0 bridgehead atoms. The van der Waals surface area contributed by atoms with Gasteiger partial charge in [0.25, 0.3) is 0 Å². The van der Waals surface area contributed by atoms with E-state index in [4.69, 9.17) is 4.42 Å². The molecule has 0 aliphatic heterocycles. The number of para-hydroxylation sites is 1. The molecule has 38 heavy (non-hydrogen) atoms. The second-order valence-electron chi connectivity index (χ2n) is 9.29. The van der Waals surface area contributed by atoms with Gasteiger partial charge in [0.1, 0.15) is 0 Å². The number of hydrogen-bond acceptors (Lipinski definition) is 3. The van der Waals surface area contributed by atoms with Crippen molar-refractivity contribution in [3.05, 3.63) is 146 Å². The first-order valence-corrected chi connectivity index (χ1v) is 12.7. The van der Waals surface area contributed by atoms with Crippen molar-refractivity contribution >= 4 is 39.0 Å². The van der Waals surface area contributed by atoms with Gasteiger partial charge in [-0.05, 0) is 58.7 Å². The lowest BCUT2D eigenvalue weighted by atomic mass is 10.0. The Bertz CT molecular complexity index is 1760. The molecule has 0 saturated heterocycles. The Morgan fingerprint density at radius 2 is 1.03 bits per heavy atom. The Balaban J connectivity index is 1.39. The van der Waals surface area contributed by atoms with E-state index in [0.29, 0.717) is 0 Å². The summed E-state index contributed by atoms with van der Waals surface area (Å²) in [6, 6.07) is 46.7. The summed E-state index contributed by atoms with van der Waals surface area (Å²) >= 11 is 0. The van der Waals surface area contributed by atoms with E-state index in [1.165, 1.54) is 22.3 Å². The van der Waals surface area contributed by atoms with Gasteiger partial charge in [-0.2, -0.15) is 0 Å². The highest BCUT2D eigenvalue weighted by molar-refractivity contribution is 6.10. The van der Waals surface area contributed by atoms with Gasteiger partial charge in [0, 0.05) is 28.3 Å². The number of hydrogen-bond donors (Lipinski definition) is 0. The summed E-state index contributed by atoms with van der Waals surface area (Å²) in [5, 5.41) is 2.14. The molecule has 7 aromatic rings. The van der Waals surface area contributed by atoms with Crippen molar-refractivity contribution in [3.63, 3.8) is 0 Å². The van der Waals surface area contributed by atoms with Crippen LogP contribution in [-0.4, -0.2) is 4.98 Å². The molecule has 0 amide bonds. The van der Waals surface area contributed by atoms with E-state index >= 15 is 0 Å². The number of anilines is 3. The maximum Gasteiger partial charge on any atom is 0.159 e. The number of pyridine rings is 1. The zero-order valence-corrected chi connectivity index (χ0v) is 20.7. The zero-order chi connectivity index (χ0) is 25.3. The molecule has 0 saturated carbocycles. The Morgan fingerprint density at radius 3 is 1.61 bits per heavy atom. The van der Waals surface area contributed by atoms with Gasteiger partial charge in [-0.15, -0.1) is 0 Å². The summed E-state index contributed by atoms with van der Waals surface area (Å²) in [5.74, 6) is 0. The number of fused-ring (bicyclic) bond motifs is 3. The van der Waals surface area contributed by atoms with Crippen LogP contribution in [0.2, 0.25) is 0 Å². The molecular weight excluding hydrogens is 464 g/mol. The second kappa shape index (κ2) is 9.38. The van der Waals surface area contributed by atoms with E-state index < -0.39 is 0 Å². The quantitative estimate of drug-likeness (QED) is 0.241. The lowest BCUT2D eigenvalue weighted by molar-refractivity contribution is 0.667. The van der Waals surface area contributed by atoms with Crippen molar-refractivity contribution < 1.29 is 4.42 Å². The van der Waals surface area contributed by atoms with E-state index in [1.54, 1.807) is 6.20 Å². The molecule has 0 fully saturated rings. The normalized spacial score (nSPS) is 11.2. The zero-order valence-electron chi connectivity index (χ0n) is 20.7. The molecule has 7 rings (SSSR count). The first-order chi connectivity index (χ1) is 18.8. The maximum absolute atomic E-state index is 6.39. The third kappa shape index (κ3) is 3.91. The van der Waals surface area contributed by atoms with Crippen LogP contribution in [0.25, 0.3) is 44.2 Å². The summed E-state index contributed by atoms with van der Waals surface area (Å²) in [4.78, 5) is 6.53. The SMILES string of the molecule is c1ccc(-c2ccc(N(c3ccc(-c4ccccc4)cc3)c3cccc4c3oc3cnccc34)cc2)cc1. The summed E-state index contributed by atoms with van der Waals surface area (Å²) < 4.78 is 6.39. The minimum Gasteiger partial charge on any atom is -0.452 e. The van der Waals surface area contributed by atoms with Crippen LogP contribution in [0.15, 0.2) is 150 Å². The molecule has 3 heteroatoms. The molecular formula is C35H24N2O. The lowest BCUT2D eigenvalue weighted by Crippen LogP contribution is -2.10. The molecule has 2 heterocycles. The summed E-state index contributed by atoms with van der Waals surface area (Å²) in [6.45, 7) is 0. The fourth-order valence-electron chi connectivity index (χ4n) is 5.11. The smallest absolute Gasteiger partial charge is 0.159 e. The van der Waals surface area contributed by atoms with Crippen LogP contribution in [0, 0.1) is 0 Å². The number of furan rings is 1. The third-order valence-corrected chi connectivity index (χ3v) is 6.99. The van der Waals surface area contributed by atoms with Crippen molar-refractivity contribution in [1.82, 2.24) is 4.98 Å². The first-order valence-electron chi connectivity index (χ1n) is 12.7. The fourth-order valence-corrected chi connectivity index (χ4v) is 5.11. The van der Waals surface area contributed by atoms with E-state index in [-0.39, 0.29) is 0 Å². The van der Waals surface area contributed by atoms with Crippen LogP contribution in [0.3, 0.4) is 0 Å². The predicted octanol–water partition coefficient (Wildman–Crippen LogP) is 9.78. The Kier molecular flexibility index (Phi) is 5.45. The highest BCUT2D eigenvalue weighted by atomic mass is 16.3. The van der Waals surface area contributed by atoms with Gasteiger partial charge in [0.2, 0.25) is 0 Å². The van der Waals surface area contributed by atoms with Crippen LogP contribution in [0.1, 0.15) is 0 Å². The van der Waals surface area contributed by atoms with Gasteiger partial charge in [0.15, 0.2) is 11.2 Å². The van der Waals surface area contributed by atoms with Crippen LogP contribution in [0.5, 0.6) is 0 Å². The summed E-state index contributed by atoms with van der Waals surface area (Å²) in [6.07, 6.45) is 3.60. The van der Waals surface area contributed by atoms with E-state index in [9.17, 15) is 0 Å². The van der Waals surface area contributed by atoms with Crippen LogP contribution >= 0.6 is 0 Å². The molecule has 0 aliphatic carbocycles. The molecule has 0 N–H and O–H groups in total. The standard InChI is InChI=1S/C35H24N2O/c1-3-8-25(9-4-1)27-14-18-29(19-15-27)37(30-20-16-28(17-21-30)26-10-5-2-6-11-26)33-13-7-12-32-31-22-23-36-24-34(31)38-35(32)33/h1-24H. The molecule has 0 unspecified atom stereocenters. The second-order valence-corrected chi connectivity index (χ2v) is 9.29. The molecule has 2 aromatic heterocycles. The summed E-state index contributed by atoms with van der Waals surface area (Å²) in [5.41, 5.74) is 9.49. The average Bonchev–Trinajstić information content (AvgIpc) is 3.39. The van der Waals surface area contributed by atoms with Crippen LogP contribution < -0.4 is 4.90 Å². The Hall–Kier alpha value is -5.15. The lowest BCUT2D eigenvalue weighted by Gasteiger charge is -2.26. The summed E-state index contributed by atoms with van der Waals surface area (Å²) in [7, 11) is 0. The third-order valence-electron chi connectivity index (χ3n) is 6.99. The maximum atomic E-state index is 6.39. The largest absolute Gasteiger partial charge is 0.452 e. The highest BCUT2D eigenvalue weighted by Gasteiger charge is 2.19. The van der Waals surface area contributed by atoms with Crippen LogP contribution in [-0.2, 0) is 0 Å². The topological polar surface area (TPSA) is 29.3 Å². The van der Waals surface area contributed by atoms with Gasteiger partial charge in [-0.3, -0.25) is 4.98 Å². The van der Waals surface area contributed by atoms with Crippen molar-refractivity contribution in [1.29, 1.82) is 0 Å². The van der Waals surface area contributed by atoms with Crippen molar-refractivity contribution in [2.75, 3.05) is 4.90 Å². The Labute approximate surface area is 221 Å². The van der Waals surface area contributed by atoms with Crippen LogP contribution in [0.4, 0.5) is 17.1 Å². The van der Waals surface area contributed by atoms with E-state index in [2.05, 4.69) is 125 Å². The monoisotopic (exact) mass is 488 g/mol. The van der Waals surface area contributed by atoms with Gasteiger partial charge < -0.3 is 9.32 Å². The Morgan fingerprint density at radius 1 is 0.474 bits per heavy atom. The van der Waals surface area contributed by atoms with Gasteiger partial charge in [-0.25, -0.2) is 0 Å². The first kappa shape index (κ1) is 22.1. The molecule has 0 spiro atoms. The molecule has 0 aliphatic rings. The van der Waals surface area contributed by atoms with Gasteiger partial charge in [-0.1, -0.05) is 97.1 Å². The van der Waals surface area contributed by atoms with Gasteiger partial charge >= 0.3 is 0 Å². The minimum absolute atomic E-state index is 0.786. The van der Waals surface area contributed by atoms with Gasteiger partial charge in [0.05, 0.1) is 11.9 Å². The molecule has 3 nitrogen and oxygen atoms in total. The number of rotatable bonds is 5. The predicted molar refractivity (Wildman–Crippen MR) is 157 cm³/mol. The highest BCUT2D eigenvalue weighted by Crippen LogP contribution is 2.42. The van der Waals surface area contributed by atoms with E-state index in [1.807, 2.05) is 24.4 Å². The fraction of sp³-hybridized carbons (Fsp3) is 0. The van der Waals surface area contributed by atoms with Crippen molar-refractivity contribution in [2.45, 2.75) is 0 Å². The van der Waals surface area contributed by atoms with Crippen molar-refractivity contribution in [2.24, 2.45) is 0 Å². The van der Waals surface area contributed by atoms with Crippen molar-refractivity contribution in [3.8, 4) is 22.3 Å². The molecule has 180 valence electrons. The number of nitrogens with zero attached hydrogens (tertiary/aromatic N) is 2.